The molecule has 2 nitrogen and oxygen atoms in total. The zero-order chi connectivity index (χ0) is 15.4. The van der Waals surface area contributed by atoms with Crippen molar-refractivity contribution in [2.24, 2.45) is 0 Å². The zero-order valence-electron chi connectivity index (χ0n) is 12.6. The maximum atomic E-state index is 5.87. The van der Waals surface area contributed by atoms with Crippen LogP contribution in [0.15, 0.2) is 72.8 Å². The van der Waals surface area contributed by atoms with Crippen LogP contribution in [-0.4, -0.2) is 0 Å². The normalized spacial score (nSPS) is 10.4. The van der Waals surface area contributed by atoms with E-state index in [0.29, 0.717) is 6.61 Å². The number of benzene rings is 3. The third kappa shape index (κ3) is 3.29. The summed E-state index contributed by atoms with van der Waals surface area (Å²) in [5.74, 6) is 0.875. The van der Waals surface area contributed by atoms with Gasteiger partial charge in [0.25, 0.3) is 0 Å². The summed E-state index contributed by atoms with van der Waals surface area (Å²) < 4.78 is 5.81. The minimum absolute atomic E-state index is 0.584. The molecule has 0 radical (unpaired) electrons. The molecule has 0 aliphatic carbocycles. The number of aryl methyl sites for hydroxylation is 1. The summed E-state index contributed by atoms with van der Waals surface area (Å²) in [6, 6.07) is 24.4. The van der Waals surface area contributed by atoms with Crippen molar-refractivity contribution in [2.75, 3.05) is 5.73 Å². The quantitative estimate of drug-likeness (QED) is 0.699. The molecule has 0 unspecified atom stereocenters. The van der Waals surface area contributed by atoms with Gasteiger partial charge in [0.15, 0.2) is 0 Å². The SMILES string of the molecule is Cc1cc(-c2ccc(OCc3ccccc3)cc2)ccc1N. The average Bonchev–Trinajstić information content (AvgIpc) is 2.57. The van der Waals surface area contributed by atoms with Gasteiger partial charge in [0, 0.05) is 5.69 Å². The molecule has 0 atom stereocenters. The lowest BCUT2D eigenvalue weighted by Crippen LogP contribution is -1.94. The second-order valence-corrected chi connectivity index (χ2v) is 5.37. The fourth-order valence-corrected chi connectivity index (χ4v) is 2.34. The monoisotopic (exact) mass is 289 g/mol. The van der Waals surface area contributed by atoms with Gasteiger partial charge in [0.2, 0.25) is 0 Å². The summed E-state index contributed by atoms with van der Waals surface area (Å²) in [6.07, 6.45) is 0. The molecule has 0 amide bonds. The van der Waals surface area contributed by atoms with Gasteiger partial charge in [0.05, 0.1) is 0 Å². The number of ether oxygens (including phenoxy) is 1. The third-order valence-electron chi connectivity index (χ3n) is 3.71. The van der Waals surface area contributed by atoms with Crippen LogP contribution in [0.4, 0.5) is 5.69 Å². The molecule has 3 rings (SSSR count). The van der Waals surface area contributed by atoms with Crippen LogP contribution in [0, 0.1) is 6.92 Å². The van der Waals surface area contributed by atoms with E-state index in [1.54, 1.807) is 0 Å². The first-order valence-electron chi connectivity index (χ1n) is 7.36. The van der Waals surface area contributed by atoms with E-state index in [1.807, 2.05) is 49.4 Å². The highest BCUT2D eigenvalue weighted by atomic mass is 16.5. The second kappa shape index (κ2) is 6.35. The van der Waals surface area contributed by atoms with Gasteiger partial charge < -0.3 is 10.5 Å². The van der Waals surface area contributed by atoms with E-state index in [4.69, 9.17) is 10.5 Å². The van der Waals surface area contributed by atoms with Crippen molar-refractivity contribution in [3.05, 3.63) is 83.9 Å². The fraction of sp³-hybridized carbons (Fsp3) is 0.100. The molecule has 110 valence electrons. The number of hydrogen-bond acceptors (Lipinski definition) is 2. The minimum Gasteiger partial charge on any atom is -0.489 e. The molecule has 22 heavy (non-hydrogen) atoms. The number of nitrogens with two attached hydrogens (primary N) is 1. The summed E-state index contributed by atoms with van der Waals surface area (Å²) in [6.45, 7) is 2.61. The molecule has 3 aromatic rings. The molecular formula is C20H19NO. The maximum Gasteiger partial charge on any atom is 0.119 e. The summed E-state index contributed by atoms with van der Waals surface area (Å²) in [4.78, 5) is 0. The largest absolute Gasteiger partial charge is 0.489 e. The molecule has 0 aromatic heterocycles. The summed E-state index contributed by atoms with van der Waals surface area (Å²) >= 11 is 0. The Bertz CT molecular complexity index is 748. The van der Waals surface area contributed by atoms with Crippen molar-refractivity contribution in [1.82, 2.24) is 0 Å². The van der Waals surface area contributed by atoms with Crippen LogP contribution >= 0.6 is 0 Å². The topological polar surface area (TPSA) is 35.2 Å². The van der Waals surface area contributed by atoms with Crippen molar-refractivity contribution in [3.63, 3.8) is 0 Å². The maximum absolute atomic E-state index is 5.87. The summed E-state index contributed by atoms with van der Waals surface area (Å²) in [5, 5.41) is 0. The van der Waals surface area contributed by atoms with Crippen LogP contribution in [0.2, 0.25) is 0 Å². The Labute approximate surface area is 131 Å². The van der Waals surface area contributed by atoms with E-state index < -0.39 is 0 Å². The molecule has 0 saturated heterocycles. The summed E-state index contributed by atoms with van der Waals surface area (Å²) in [5.41, 5.74) is 11.3. The van der Waals surface area contributed by atoms with E-state index in [9.17, 15) is 0 Å². The van der Waals surface area contributed by atoms with Crippen LogP contribution < -0.4 is 10.5 Å². The van der Waals surface area contributed by atoms with E-state index in [0.717, 1.165) is 22.6 Å². The van der Waals surface area contributed by atoms with E-state index in [1.165, 1.54) is 11.1 Å². The van der Waals surface area contributed by atoms with Gasteiger partial charge in [-0.3, -0.25) is 0 Å². The summed E-state index contributed by atoms with van der Waals surface area (Å²) in [7, 11) is 0. The highest BCUT2D eigenvalue weighted by Gasteiger charge is 2.01. The number of rotatable bonds is 4. The first-order chi connectivity index (χ1) is 10.7. The van der Waals surface area contributed by atoms with Gasteiger partial charge in [-0.25, -0.2) is 0 Å². The predicted octanol–water partition coefficient (Wildman–Crippen LogP) is 4.82. The molecule has 0 aliphatic rings. The van der Waals surface area contributed by atoms with Crippen molar-refractivity contribution in [2.45, 2.75) is 13.5 Å². The molecule has 0 fully saturated rings. The zero-order valence-corrected chi connectivity index (χ0v) is 12.6. The van der Waals surface area contributed by atoms with Crippen LogP contribution in [-0.2, 0) is 6.61 Å². The molecule has 2 N–H and O–H groups in total. The van der Waals surface area contributed by atoms with Gasteiger partial charge in [-0.15, -0.1) is 0 Å². The number of anilines is 1. The fourth-order valence-electron chi connectivity index (χ4n) is 2.34. The van der Waals surface area contributed by atoms with Gasteiger partial charge in [-0.05, 0) is 53.4 Å². The van der Waals surface area contributed by atoms with Crippen LogP contribution in [0.3, 0.4) is 0 Å². The molecular weight excluding hydrogens is 270 g/mol. The van der Waals surface area contributed by atoms with E-state index in [-0.39, 0.29) is 0 Å². The van der Waals surface area contributed by atoms with Crippen LogP contribution in [0.1, 0.15) is 11.1 Å². The first kappa shape index (κ1) is 14.2. The molecule has 2 heteroatoms. The van der Waals surface area contributed by atoms with Crippen molar-refractivity contribution in [3.8, 4) is 16.9 Å². The number of nitrogen functional groups attached to an aromatic ring is 1. The highest BCUT2D eigenvalue weighted by Crippen LogP contribution is 2.25. The molecule has 0 aliphatic heterocycles. The molecule has 3 aromatic carbocycles. The Kier molecular flexibility index (Phi) is 4.10. The number of hydrogen-bond donors (Lipinski definition) is 1. The Morgan fingerprint density at radius 3 is 2.18 bits per heavy atom. The Hall–Kier alpha value is -2.74. The van der Waals surface area contributed by atoms with Crippen LogP contribution in [0.5, 0.6) is 5.75 Å². The molecule has 0 saturated carbocycles. The predicted molar refractivity (Wildman–Crippen MR) is 91.8 cm³/mol. The standard InChI is InChI=1S/C20H19NO/c1-15-13-18(9-12-20(15)21)17-7-10-19(11-8-17)22-14-16-5-3-2-4-6-16/h2-13H,14,21H2,1H3. The van der Waals surface area contributed by atoms with Crippen molar-refractivity contribution in [1.29, 1.82) is 0 Å². The van der Waals surface area contributed by atoms with Gasteiger partial charge >= 0.3 is 0 Å². The van der Waals surface area contributed by atoms with Gasteiger partial charge in [0.1, 0.15) is 12.4 Å². The Morgan fingerprint density at radius 2 is 1.50 bits per heavy atom. The van der Waals surface area contributed by atoms with Crippen molar-refractivity contribution >= 4 is 5.69 Å². The second-order valence-electron chi connectivity index (χ2n) is 5.37. The minimum atomic E-state index is 0.584. The lowest BCUT2D eigenvalue weighted by Gasteiger charge is -2.09. The highest BCUT2D eigenvalue weighted by molar-refractivity contribution is 5.68. The van der Waals surface area contributed by atoms with Gasteiger partial charge in [-0.2, -0.15) is 0 Å². The Balaban J connectivity index is 1.71. The third-order valence-corrected chi connectivity index (χ3v) is 3.71. The molecule has 0 heterocycles. The first-order valence-corrected chi connectivity index (χ1v) is 7.36. The molecule has 0 bridgehead atoms. The lowest BCUT2D eigenvalue weighted by molar-refractivity contribution is 0.306. The van der Waals surface area contributed by atoms with Gasteiger partial charge in [-0.1, -0.05) is 48.5 Å². The molecule has 0 spiro atoms. The van der Waals surface area contributed by atoms with E-state index >= 15 is 0 Å². The smallest absolute Gasteiger partial charge is 0.119 e. The van der Waals surface area contributed by atoms with Crippen LogP contribution in [0.25, 0.3) is 11.1 Å². The van der Waals surface area contributed by atoms with Crippen molar-refractivity contribution < 1.29 is 4.74 Å². The average molecular weight is 289 g/mol. The lowest BCUT2D eigenvalue weighted by atomic mass is 10.0. The van der Waals surface area contributed by atoms with E-state index in [2.05, 4.69) is 30.3 Å². The Morgan fingerprint density at radius 1 is 0.818 bits per heavy atom.